The molecule has 216 valence electrons. The lowest BCUT2D eigenvalue weighted by Crippen LogP contribution is -2.49. The van der Waals surface area contributed by atoms with Crippen LogP contribution in [0.15, 0.2) is 18.3 Å². The summed E-state index contributed by atoms with van der Waals surface area (Å²) < 4.78 is 56.1. The van der Waals surface area contributed by atoms with Gasteiger partial charge in [0.1, 0.15) is 36.0 Å². The van der Waals surface area contributed by atoms with Crippen LogP contribution in [-0.4, -0.2) is 83.3 Å². The van der Waals surface area contributed by atoms with Gasteiger partial charge in [-0.1, -0.05) is 0 Å². The molecule has 3 amide bonds. The van der Waals surface area contributed by atoms with E-state index in [1.165, 1.54) is 11.1 Å². The third-order valence-electron chi connectivity index (χ3n) is 6.84. The van der Waals surface area contributed by atoms with E-state index < -0.39 is 35.8 Å². The molecule has 0 radical (unpaired) electrons. The summed E-state index contributed by atoms with van der Waals surface area (Å²) in [5.74, 6) is -1.39. The zero-order chi connectivity index (χ0) is 28.8. The predicted molar refractivity (Wildman–Crippen MR) is 137 cm³/mol. The summed E-state index contributed by atoms with van der Waals surface area (Å²) in [7, 11) is 0. The highest BCUT2D eigenvalue weighted by atomic mass is 19.4. The molecule has 0 aliphatic carbocycles. The van der Waals surface area contributed by atoms with Gasteiger partial charge in [0.25, 0.3) is 5.91 Å². The smallest absolute Gasteiger partial charge is 0.408 e. The molecule has 2 fully saturated rings. The molecule has 12 nitrogen and oxygen atoms in total. The molecule has 2 saturated heterocycles. The fourth-order valence-electron chi connectivity index (χ4n) is 4.90. The minimum Gasteiger partial charge on any atom is -0.491 e. The Morgan fingerprint density at radius 2 is 2.08 bits per heavy atom. The van der Waals surface area contributed by atoms with Gasteiger partial charge in [-0.3, -0.25) is 15.0 Å². The standard InChI is InChI=1S/C25H30F3N7O5/c1-13-19-21(33-20(30-13)22(36)31-14(2)25(26,27)28)35(15-6-8-34(19)10-15)23(37)32-18-9-16(5-7-29-18)38-11-17-12-39-24(3,4)40-17/h5,7,9,14-15,17H,6,8,10-12H2,1-4H3,(H,31,36)(H,29,32,37)/t14?,15-,17?/m0/s1. The average Bonchev–Trinajstić information content (AvgIpc) is 3.44. The summed E-state index contributed by atoms with van der Waals surface area (Å²) in [6.45, 7) is 7.89. The van der Waals surface area contributed by atoms with Crippen molar-refractivity contribution in [2.75, 3.05) is 41.4 Å². The maximum absolute atomic E-state index is 13.5. The fraction of sp³-hybridized carbons (Fsp3) is 0.560. The van der Waals surface area contributed by atoms with Crippen molar-refractivity contribution >= 4 is 29.3 Å². The summed E-state index contributed by atoms with van der Waals surface area (Å²) in [5, 5.41) is 4.62. The van der Waals surface area contributed by atoms with Gasteiger partial charge in [0.2, 0.25) is 5.82 Å². The molecule has 0 aromatic carbocycles. The first-order valence-electron chi connectivity index (χ1n) is 12.8. The quantitative estimate of drug-likeness (QED) is 0.543. The lowest BCUT2D eigenvalue weighted by atomic mass is 10.1. The Hall–Kier alpha value is -3.72. The van der Waals surface area contributed by atoms with Gasteiger partial charge in [-0.2, -0.15) is 13.2 Å². The van der Waals surface area contributed by atoms with Gasteiger partial charge in [-0.15, -0.1) is 0 Å². The number of fused-ring (bicyclic) bond motifs is 4. The number of alkyl halides is 3. The molecule has 5 rings (SSSR count). The van der Waals surface area contributed by atoms with Crippen molar-refractivity contribution in [1.82, 2.24) is 20.3 Å². The van der Waals surface area contributed by atoms with E-state index >= 15 is 0 Å². The van der Waals surface area contributed by atoms with Gasteiger partial charge in [0, 0.05) is 25.4 Å². The van der Waals surface area contributed by atoms with Crippen LogP contribution >= 0.6 is 0 Å². The van der Waals surface area contributed by atoms with Crippen LogP contribution in [0.1, 0.15) is 43.5 Å². The second-order valence-corrected chi connectivity index (χ2v) is 10.4. The molecule has 0 spiro atoms. The van der Waals surface area contributed by atoms with Crippen molar-refractivity contribution < 1.29 is 37.0 Å². The number of halogens is 3. The minimum atomic E-state index is -4.63. The van der Waals surface area contributed by atoms with Crippen LogP contribution < -0.4 is 25.2 Å². The molecule has 3 aliphatic rings. The second kappa shape index (κ2) is 10.4. The number of ether oxygens (including phenoxy) is 3. The normalized spacial score (nSPS) is 22.1. The Morgan fingerprint density at radius 1 is 1.30 bits per heavy atom. The number of urea groups is 1. The predicted octanol–water partition coefficient (Wildman–Crippen LogP) is 3.02. The van der Waals surface area contributed by atoms with E-state index in [1.807, 2.05) is 24.1 Å². The lowest BCUT2D eigenvalue weighted by Gasteiger charge is -2.36. The average molecular weight is 566 g/mol. The SMILES string of the molecule is Cc1nc(C(=O)NC(C)C(F)(F)F)nc2c1N1CC[C@@H](C1)N2C(=O)Nc1cc(OCC2COC(C)(C)O2)ccn1. The van der Waals surface area contributed by atoms with Crippen LogP contribution in [0.5, 0.6) is 5.75 Å². The summed E-state index contributed by atoms with van der Waals surface area (Å²) >= 11 is 0. The number of hydrogen-bond donors (Lipinski definition) is 2. The van der Waals surface area contributed by atoms with Gasteiger partial charge < -0.3 is 24.4 Å². The lowest BCUT2D eigenvalue weighted by molar-refractivity contribution is -0.149. The largest absolute Gasteiger partial charge is 0.491 e. The number of aryl methyl sites for hydroxylation is 1. The Labute approximate surface area is 228 Å². The van der Waals surface area contributed by atoms with Gasteiger partial charge in [-0.25, -0.2) is 19.7 Å². The molecule has 2 aromatic rings. The van der Waals surface area contributed by atoms with Crippen LogP contribution in [-0.2, 0) is 9.47 Å². The van der Waals surface area contributed by atoms with Crippen LogP contribution in [0.25, 0.3) is 0 Å². The zero-order valence-corrected chi connectivity index (χ0v) is 22.4. The summed E-state index contributed by atoms with van der Waals surface area (Å²) in [4.78, 5) is 42.2. The van der Waals surface area contributed by atoms with Crippen molar-refractivity contribution in [3.05, 3.63) is 29.8 Å². The van der Waals surface area contributed by atoms with Crippen LogP contribution in [0, 0.1) is 6.92 Å². The van der Waals surface area contributed by atoms with Crippen molar-refractivity contribution in [3.8, 4) is 5.75 Å². The van der Waals surface area contributed by atoms with E-state index in [9.17, 15) is 22.8 Å². The number of amides is 3. The highest BCUT2D eigenvalue weighted by molar-refractivity contribution is 6.05. The van der Waals surface area contributed by atoms with E-state index in [0.29, 0.717) is 43.2 Å². The third kappa shape index (κ3) is 5.75. The number of rotatable bonds is 6. The highest BCUT2D eigenvalue weighted by Gasteiger charge is 2.43. The van der Waals surface area contributed by atoms with Crippen LogP contribution in [0.4, 0.5) is 35.3 Å². The van der Waals surface area contributed by atoms with E-state index in [1.54, 1.807) is 19.1 Å². The van der Waals surface area contributed by atoms with E-state index in [0.717, 1.165) is 6.92 Å². The van der Waals surface area contributed by atoms with Crippen molar-refractivity contribution in [3.63, 3.8) is 0 Å². The van der Waals surface area contributed by atoms with E-state index in [2.05, 4.69) is 20.3 Å². The number of hydrogen-bond acceptors (Lipinski definition) is 9. The summed E-state index contributed by atoms with van der Waals surface area (Å²) in [6, 6.07) is 0.284. The number of nitrogens with one attached hydrogen (secondary N) is 2. The molecular weight excluding hydrogens is 535 g/mol. The third-order valence-corrected chi connectivity index (χ3v) is 6.84. The summed E-state index contributed by atoms with van der Waals surface area (Å²) in [5.41, 5.74) is 0.929. The van der Waals surface area contributed by atoms with Crippen molar-refractivity contribution in [2.45, 2.75) is 64.3 Å². The van der Waals surface area contributed by atoms with Crippen molar-refractivity contribution in [2.24, 2.45) is 0 Å². The molecule has 3 atom stereocenters. The number of carbonyl (C=O) groups is 2. The topological polar surface area (TPSA) is 131 Å². The number of pyridine rings is 1. The number of aromatic nitrogens is 3. The molecular formula is C25H30F3N7O5. The second-order valence-electron chi connectivity index (χ2n) is 10.4. The van der Waals surface area contributed by atoms with Gasteiger partial charge in [0.15, 0.2) is 11.6 Å². The number of carbonyl (C=O) groups excluding carboxylic acids is 2. The van der Waals surface area contributed by atoms with Crippen molar-refractivity contribution in [1.29, 1.82) is 0 Å². The van der Waals surface area contributed by atoms with Gasteiger partial charge in [-0.05, 0) is 40.2 Å². The first-order valence-corrected chi connectivity index (χ1v) is 12.8. The Kier molecular flexibility index (Phi) is 7.20. The summed E-state index contributed by atoms with van der Waals surface area (Å²) in [6.07, 6.45) is -2.76. The molecule has 0 saturated carbocycles. The number of nitrogens with zero attached hydrogens (tertiary/aromatic N) is 5. The number of anilines is 3. The first kappa shape index (κ1) is 27.8. The molecule has 2 bridgehead atoms. The van der Waals surface area contributed by atoms with E-state index in [-0.39, 0.29) is 30.4 Å². The molecule has 2 N–H and O–H groups in total. The highest BCUT2D eigenvalue weighted by Crippen LogP contribution is 2.40. The van der Waals surface area contributed by atoms with E-state index in [4.69, 9.17) is 14.2 Å². The van der Waals surface area contributed by atoms with Crippen LogP contribution in [0.3, 0.4) is 0 Å². The monoisotopic (exact) mass is 565 g/mol. The molecule has 3 aliphatic heterocycles. The van der Waals surface area contributed by atoms with Crippen LogP contribution in [0.2, 0.25) is 0 Å². The molecule has 40 heavy (non-hydrogen) atoms. The van der Waals surface area contributed by atoms with Gasteiger partial charge >= 0.3 is 12.2 Å². The zero-order valence-electron chi connectivity index (χ0n) is 22.4. The van der Waals surface area contributed by atoms with Gasteiger partial charge in [0.05, 0.1) is 18.3 Å². The fourth-order valence-corrected chi connectivity index (χ4v) is 4.90. The Morgan fingerprint density at radius 3 is 2.77 bits per heavy atom. The minimum absolute atomic E-state index is 0.150. The maximum atomic E-state index is 13.5. The Balaban J connectivity index is 1.34. The molecule has 2 unspecified atom stereocenters. The first-order chi connectivity index (χ1) is 18.8. The maximum Gasteiger partial charge on any atom is 0.408 e. The Bertz CT molecular complexity index is 1310. The molecule has 2 aromatic heterocycles. The molecule has 5 heterocycles. The molecule has 15 heteroatoms.